The first-order chi connectivity index (χ1) is 22.7. The summed E-state index contributed by atoms with van der Waals surface area (Å²) < 4.78 is 0. The van der Waals surface area contributed by atoms with Crippen molar-refractivity contribution in [3.63, 3.8) is 0 Å². The third kappa shape index (κ3) is 8.36. The molecule has 1 atom stereocenters. The van der Waals surface area contributed by atoms with Gasteiger partial charge in [-0.25, -0.2) is 0 Å². The number of hydrogen-bond acceptors (Lipinski definition) is 1. The summed E-state index contributed by atoms with van der Waals surface area (Å²) in [6.45, 7) is 0. The third-order valence-corrected chi connectivity index (χ3v) is 12.7. The van der Waals surface area contributed by atoms with Crippen molar-refractivity contribution in [3.8, 4) is 0 Å². The normalized spacial score (nSPS) is 11.5. The van der Waals surface area contributed by atoms with E-state index in [0.717, 1.165) is 0 Å². The van der Waals surface area contributed by atoms with Gasteiger partial charge in [-0.1, -0.05) is 146 Å². The zero-order valence-corrected chi connectivity index (χ0v) is 29.3. The van der Waals surface area contributed by atoms with Crippen LogP contribution >= 0.6 is 15.8 Å². The van der Waals surface area contributed by atoms with Gasteiger partial charge in [-0.2, -0.15) is 0 Å². The van der Waals surface area contributed by atoms with Crippen LogP contribution in [0.25, 0.3) is 0 Å². The van der Waals surface area contributed by atoms with Crippen molar-refractivity contribution in [1.82, 2.24) is 4.90 Å². The maximum atomic E-state index is 3.73. The maximum absolute atomic E-state index is 3.73. The van der Waals surface area contributed by atoms with Gasteiger partial charge < -0.3 is 58.7 Å². The number of hydrogen-bond donors (Lipinski definition) is 0. The summed E-state index contributed by atoms with van der Waals surface area (Å²) in [5, 5.41) is 8.20. The second-order valence-electron chi connectivity index (χ2n) is 10.9. The average Bonchev–Trinajstić information content (AvgIpc) is 3.85. The van der Waals surface area contributed by atoms with Gasteiger partial charge in [-0.05, 0) is 54.1 Å². The van der Waals surface area contributed by atoms with Gasteiger partial charge in [0.2, 0.25) is 0 Å². The predicted octanol–water partition coefficient (Wildman–Crippen LogP) is 6.98. The molecule has 1 nitrogen and oxygen atoms in total. The molecule has 0 aliphatic carbocycles. The van der Waals surface area contributed by atoms with Crippen molar-refractivity contribution in [1.29, 1.82) is 0 Å². The molecule has 0 radical (unpaired) electrons. The van der Waals surface area contributed by atoms with E-state index < -0.39 is 15.8 Å². The van der Waals surface area contributed by atoms with Crippen LogP contribution in [0, 0.1) is 30.3 Å². The van der Waals surface area contributed by atoms with Gasteiger partial charge in [0.05, 0.1) is 0 Å². The molecule has 7 aromatic carbocycles. The van der Waals surface area contributed by atoms with Crippen molar-refractivity contribution >= 4 is 47.7 Å². The van der Waals surface area contributed by atoms with Crippen molar-refractivity contribution in [2.45, 2.75) is 6.04 Å². The largest absolute Gasteiger partial charge is 2.00 e. The molecular weight excluding hydrogens is 648 g/mol. The summed E-state index contributed by atoms with van der Waals surface area (Å²) in [4.78, 5) is 2.36. The molecule has 0 spiro atoms. The second kappa shape index (κ2) is 17.3. The van der Waals surface area contributed by atoms with E-state index >= 15 is 0 Å². The van der Waals surface area contributed by atoms with Crippen molar-refractivity contribution in [3.05, 3.63) is 205 Å². The first-order valence-corrected chi connectivity index (χ1v) is 18.0. The van der Waals surface area contributed by atoms with E-state index in [9.17, 15) is 0 Å². The van der Waals surface area contributed by atoms with E-state index in [0.29, 0.717) is 0 Å². The Morgan fingerprint density at radius 3 is 1.49 bits per heavy atom. The summed E-state index contributed by atoms with van der Waals surface area (Å²) >= 11 is 0. The first-order valence-electron chi connectivity index (χ1n) is 15.3. The topological polar surface area (TPSA) is 3.24 Å². The van der Waals surface area contributed by atoms with Crippen molar-refractivity contribution in [2.75, 3.05) is 14.1 Å². The summed E-state index contributed by atoms with van der Waals surface area (Å²) in [6.07, 6.45) is 0. The quantitative estimate of drug-likeness (QED) is 0.0904. The Hall–Kier alpha value is -3.86. The minimum Gasteiger partial charge on any atom is -0.999 e. The Morgan fingerprint density at radius 2 is 1.04 bits per heavy atom. The fourth-order valence-electron chi connectivity index (χ4n) is 5.75. The summed E-state index contributed by atoms with van der Waals surface area (Å²) in [7, 11) is 2.91. The number of rotatable bonds is 9. The monoisotopic (exact) mass is 682 g/mol. The molecule has 0 N–H and O–H groups in total. The Balaban J connectivity index is 0.000000662. The zero-order valence-electron chi connectivity index (χ0n) is 26.4. The smallest absolute Gasteiger partial charge is 0.999 e. The van der Waals surface area contributed by atoms with E-state index in [-0.39, 0.29) is 23.1 Å². The van der Waals surface area contributed by atoms with Gasteiger partial charge in [0, 0.05) is 6.04 Å². The summed E-state index contributed by atoms with van der Waals surface area (Å²) in [6, 6.07) is 73.2. The summed E-state index contributed by atoms with van der Waals surface area (Å²) in [5.41, 5.74) is 2.61. The minimum atomic E-state index is -0.748. The van der Waals surface area contributed by atoms with Crippen LogP contribution in [-0.2, 0) is 17.1 Å². The van der Waals surface area contributed by atoms with Crippen LogP contribution in [0.3, 0.4) is 0 Å². The summed E-state index contributed by atoms with van der Waals surface area (Å²) in [5.74, 6) is 0. The van der Waals surface area contributed by atoms with Gasteiger partial charge in [0.1, 0.15) is 0 Å². The van der Waals surface area contributed by atoms with Gasteiger partial charge in [-0.15, -0.1) is 7.92 Å². The second-order valence-corrected chi connectivity index (χ2v) is 15.3. The van der Waals surface area contributed by atoms with Crippen LogP contribution in [0.1, 0.15) is 17.2 Å². The molecule has 7 aromatic rings. The fourth-order valence-corrected chi connectivity index (χ4v) is 10.7. The Morgan fingerprint density at radius 1 is 0.596 bits per heavy atom. The molecule has 0 amide bonds. The molecule has 0 aromatic heterocycles. The fraction of sp³-hybridized carbons (Fsp3) is 0.0698. The van der Waals surface area contributed by atoms with Crippen LogP contribution in [0.5, 0.6) is 0 Å². The third-order valence-electron chi connectivity index (χ3n) is 7.67. The van der Waals surface area contributed by atoms with Crippen LogP contribution in [0.15, 0.2) is 164 Å². The molecule has 0 fully saturated rings. The molecule has 0 saturated carbocycles. The van der Waals surface area contributed by atoms with E-state index in [1.165, 1.54) is 43.0 Å². The molecule has 0 saturated heterocycles. The maximum Gasteiger partial charge on any atom is 2.00 e. The SMILES string of the molecule is CN(C)[C@@H](c1ccccc1P(c1ccccc1)c1ccccc1)c1[c-]cc[c-]1P(c1ccccc1)c1ccccc1.[Fe+2].[c-]1[c-][c-][cH-][c-]1. The molecule has 0 heterocycles. The van der Waals surface area contributed by atoms with Gasteiger partial charge in [0.25, 0.3) is 0 Å². The first kappa shape index (κ1) is 34.5. The molecule has 4 heteroatoms. The van der Waals surface area contributed by atoms with Crippen LogP contribution in [0.4, 0.5) is 0 Å². The van der Waals surface area contributed by atoms with Crippen molar-refractivity contribution in [2.24, 2.45) is 0 Å². The van der Waals surface area contributed by atoms with E-state index in [1.807, 2.05) is 0 Å². The standard InChI is InChI=1S/C38H33NP2.C5H.Fe/c1-39(2)38(35-27-17-29-37(35)41(32-22-11-5-12-23-32)33-24-13-6-14-25-33)34-26-15-16-28-36(34)40(30-18-7-3-8-19-30)31-20-9-4-10-21-31;1-2-4-5-3-1;/h3-26,28-29,38H,1-2H3;1H;/q-2;-5;+2/t38-;;/m0../s1. The minimum absolute atomic E-state index is 0. The Kier molecular flexibility index (Phi) is 12.7. The molecule has 0 aliphatic heterocycles. The number of benzene rings is 5. The van der Waals surface area contributed by atoms with Gasteiger partial charge in [-0.3, -0.25) is 5.56 Å². The molecule has 47 heavy (non-hydrogen) atoms. The van der Waals surface area contributed by atoms with Gasteiger partial charge in [0.15, 0.2) is 0 Å². The van der Waals surface area contributed by atoms with E-state index in [4.69, 9.17) is 0 Å². The Bertz CT molecular complexity index is 1770. The Labute approximate surface area is 293 Å². The molecule has 0 aliphatic rings. The van der Waals surface area contributed by atoms with Gasteiger partial charge >= 0.3 is 17.1 Å². The van der Waals surface area contributed by atoms with E-state index in [2.05, 4.69) is 207 Å². The molecular formula is C43H34FeNP2-5. The molecule has 0 bridgehead atoms. The zero-order chi connectivity index (χ0) is 31.6. The molecule has 0 unspecified atom stereocenters. The van der Waals surface area contributed by atoms with Crippen LogP contribution in [0.2, 0.25) is 0 Å². The number of nitrogens with zero attached hydrogens (tertiary/aromatic N) is 1. The molecule has 7 rings (SSSR count). The van der Waals surface area contributed by atoms with Crippen LogP contribution < -0.4 is 31.8 Å². The average molecular weight is 683 g/mol. The van der Waals surface area contributed by atoms with Crippen LogP contribution in [-0.4, -0.2) is 19.0 Å². The molecule has 234 valence electrons. The van der Waals surface area contributed by atoms with E-state index in [1.54, 1.807) is 6.07 Å². The predicted molar refractivity (Wildman–Crippen MR) is 198 cm³/mol. The van der Waals surface area contributed by atoms with Crippen molar-refractivity contribution < 1.29 is 17.1 Å².